The van der Waals surface area contributed by atoms with E-state index in [1.54, 1.807) is 24.3 Å². The second-order valence-electron chi connectivity index (χ2n) is 6.44. The van der Waals surface area contributed by atoms with Crippen LogP contribution in [0.3, 0.4) is 0 Å². The van der Waals surface area contributed by atoms with E-state index in [0.717, 1.165) is 5.56 Å². The molecule has 0 atom stereocenters. The van der Waals surface area contributed by atoms with Gasteiger partial charge < -0.3 is 0 Å². The Morgan fingerprint density at radius 1 is 1.08 bits per heavy atom. The largest absolute Gasteiger partial charge is 0.295 e. The molecule has 2 aromatic rings. The SMILES string of the molecule is CC(=O)c1ccc(N2C(=O)C(=Cc3ccc(C(C)C)cc3)SC2=S)cc1. The highest BCUT2D eigenvalue weighted by molar-refractivity contribution is 8.27. The molecule has 0 unspecified atom stereocenters. The van der Waals surface area contributed by atoms with Crippen molar-refractivity contribution in [3.05, 3.63) is 70.1 Å². The fourth-order valence-corrected chi connectivity index (χ4v) is 3.96. The third kappa shape index (κ3) is 3.79. The van der Waals surface area contributed by atoms with Gasteiger partial charge >= 0.3 is 0 Å². The van der Waals surface area contributed by atoms with Gasteiger partial charge in [-0.2, -0.15) is 0 Å². The molecule has 5 heteroatoms. The Morgan fingerprint density at radius 3 is 2.23 bits per heavy atom. The van der Waals surface area contributed by atoms with Gasteiger partial charge in [-0.25, -0.2) is 0 Å². The minimum Gasteiger partial charge on any atom is -0.295 e. The Bertz CT molecular complexity index is 897. The standard InChI is InChI=1S/C21H19NO2S2/c1-13(2)16-6-4-15(5-7-16)12-19-20(24)22(21(25)26-19)18-10-8-17(9-11-18)14(3)23/h4-13H,1-3H3. The molecule has 132 valence electrons. The highest BCUT2D eigenvalue weighted by Gasteiger charge is 2.33. The van der Waals surface area contributed by atoms with Crippen molar-refractivity contribution in [2.45, 2.75) is 26.7 Å². The number of hydrogen-bond acceptors (Lipinski definition) is 4. The Kier molecular flexibility index (Phi) is 5.39. The topological polar surface area (TPSA) is 37.4 Å². The summed E-state index contributed by atoms with van der Waals surface area (Å²) in [6.45, 7) is 5.82. The Labute approximate surface area is 163 Å². The summed E-state index contributed by atoms with van der Waals surface area (Å²) in [5.74, 6) is 0.329. The first kappa shape index (κ1) is 18.5. The van der Waals surface area contributed by atoms with E-state index in [0.29, 0.717) is 26.4 Å². The average molecular weight is 382 g/mol. The van der Waals surface area contributed by atoms with Gasteiger partial charge in [0.2, 0.25) is 0 Å². The number of ketones is 1. The van der Waals surface area contributed by atoms with Crippen LogP contribution in [0.1, 0.15) is 48.2 Å². The van der Waals surface area contributed by atoms with Crippen molar-refractivity contribution in [2.24, 2.45) is 0 Å². The lowest BCUT2D eigenvalue weighted by Crippen LogP contribution is -2.27. The lowest BCUT2D eigenvalue weighted by molar-refractivity contribution is -0.113. The number of anilines is 1. The molecule has 0 aliphatic carbocycles. The van der Waals surface area contributed by atoms with Crippen LogP contribution in [0.15, 0.2) is 53.4 Å². The Hall–Kier alpha value is -2.24. The predicted molar refractivity (Wildman–Crippen MR) is 113 cm³/mol. The van der Waals surface area contributed by atoms with Crippen LogP contribution in [0.2, 0.25) is 0 Å². The maximum Gasteiger partial charge on any atom is 0.270 e. The molecule has 0 saturated carbocycles. The van der Waals surface area contributed by atoms with Gasteiger partial charge in [0, 0.05) is 5.56 Å². The fourth-order valence-electron chi connectivity index (χ4n) is 2.66. The van der Waals surface area contributed by atoms with E-state index < -0.39 is 0 Å². The molecule has 0 spiro atoms. The van der Waals surface area contributed by atoms with Crippen LogP contribution in [0.4, 0.5) is 5.69 Å². The third-order valence-corrected chi connectivity index (χ3v) is 5.53. The first-order chi connectivity index (χ1) is 12.4. The molecular weight excluding hydrogens is 362 g/mol. The van der Waals surface area contributed by atoms with Crippen LogP contribution >= 0.6 is 24.0 Å². The van der Waals surface area contributed by atoms with E-state index in [9.17, 15) is 9.59 Å². The summed E-state index contributed by atoms with van der Waals surface area (Å²) in [5.41, 5.74) is 3.53. The molecule has 3 rings (SSSR count). The molecule has 1 aliphatic rings. The van der Waals surface area contributed by atoms with Gasteiger partial charge in [-0.1, -0.05) is 62.1 Å². The quantitative estimate of drug-likeness (QED) is 0.403. The maximum atomic E-state index is 12.8. The zero-order chi connectivity index (χ0) is 18.8. The van der Waals surface area contributed by atoms with E-state index in [2.05, 4.69) is 26.0 Å². The van der Waals surface area contributed by atoms with Gasteiger partial charge in [0.25, 0.3) is 5.91 Å². The highest BCUT2D eigenvalue weighted by atomic mass is 32.2. The van der Waals surface area contributed by atoms with Crippen LogP contribution in [-0.2, 0) is 4.79 Å². The number of carbonyl (C=O) groups is 2. The molecule has 0 aromatic heterocycles. The van der Waals surface area contributed by atoms with Crippen LogP contribution in [0, 0.1) is 0 Å². The minimum absolute atomic E-state index is 0.00770. The lowest BCUT2D eigenvalue weighted by Gasteiger charge is -2.14. The Balaban J connectivity index is 1.85. The monoisotopic (exact) mass is 381 g/mol. The number of thiocarbonyl (C=S) groups is 1. The van der Waals surface area contributed by atoms with Gasteiger partial charge in [0.05, 0.1) is 10.6 Å². The second-order valence-corrected chi connectivity index (χ2v) is 8.12. The third-order valence-electron chi connectivity index (χ3n) is 4.23. The smallest absolute Gasteiger partial charge is 0.270 e. The number of amides is 1. The van der Waals surface area contributed by atoms with Crippen LogP contribution < -0.4 is 4.90 Å². The summed E-state index contributed by atoms with van der Waals surface area (Å²) in [5, 5.41) is 0. The first-order valence-corrected chi connectivity index (χ1v) is 9.58. The van der Waals surface area contributed by atoms with Crippen LogP contribution in [0.5, 0.6) is 0 Å². The van der Waals surface area contributed by atoms with Crippen molar-refractivity contribution < 1.29 is 9.59 Å². The summed E-state index contributed by atoms with van der Waals surface area (Å²) in [6.07, 6.45) is 1.87. The number of rotatable bonds is 4. The molecule has 0 N–H and O–H groups in total. The van der Waals surface area contributed by atoms with Crippen molar-refractivity contribution >= 4 is 51.8 Å². The maximum absolute atomic E-state index is 12.8. The van der Waals surface area contributed by atoms with E-state index in [-0.39, 0.29) is 11.7 Å². The molecular formula is C21H19NO2S2. The second kappa shape index (κ2) is 7.56. The van der Waals surface area contributed by atoms with Crippen molar-refractivity contribution in [2.75, 3.05) is 4.90 Å². The molecule has 1 heterocycles. The average Bonchev–Trinajstić information content (AvgIpc) is 2.89. The van der Waals surface area contributed by atoms with Crippen molar-refractivity contribution in [3.8, 4) is 0 Å². The molecule has 26 heavy (non-hydrogen) atoms. The van der Waals surface area contributed by atoms with E-state index in [1.165, 1.54) is 29.1 Å². The van der Waals surface area contributed by atoms with Gasteiger partial charge in [-0.05, 0) is 54.3 Å². The molecule has 1 saturated heterocycles. The molecule has 0 bridgehead atoms. The van der Waals surface area contributed by atoms with Gasteiger partial charge in [0.15, 0.2) is 10.1 Å². The number of carbonyl (C=O) groups excluding carboxylic acids is 2. The van der Waals surface area contributed by atoms with E-state index in [4.69, 9.17) is 12.2 Å². The predicted octanol–water partition coefficient (Wildman–Crippen LogP) is 5.42. The van der Waals surface area contributed by atoms with Crippen LogP contribution in [0.25, 0.3) is 6.08 Å². The molecule has 3 nitrogen and oxygen atoms in total. The van der Waals surface area contributed by atoms with Crippen molar-refractivity contribution in [1.29, 1.82) is 0 Å². The van der Waals surface area contributed by atoms with E-state index in [1.807, 2.05) is 18.2 Å². The van der Waals surface area contributed by atoms with Gasteiger partial charge in [-0.3, -0.25) is 14.5 Å². The number of thioether (sulfide) groups is 1. The van der Waals surface area contributed by atoms with Gasteiger partial charge in [-0.15, -0.1) is 0 Å². The number of nitrogens with zero attached hydrogens (tertiary/aromatic N) is 1. The molecule has 1 fully saturated rings. The summed E-state index contributed by atoms with van der Waals surface area (Å²) in [6, 6.07) is 15.1. The lowest BCUT2D eigenvalue weighted by atomic mass is 10.0. The molecule has 1 amide bonds. The molecule has 1 aliphatic heterocycles. The molecule has 0 radical (unpaired) electrons. The minimum atomic E-state index is -0.136. The first-order valence-electron chi connectivity index (χ1n) is 8.35. The summed E-state index contributed by atoms with van der Waals surface area (Å²) >= 11 is 6.69. The Morgan fingerprint density at radius 2 is 1.69 bits per heavy atom. The van der Waals surface area contributed by atoms with Gasteiger partial charge in [0.1, 0.15) is 0 Å². The summed E-state index contributed by atoms with van der Waals surface area (Å²) in [4.78, 5) is 26.3. The number of hydrogen-bond donors (Lipinski definition) is 0. The zero-order valence-corrected chi connectivity index (χ0v) is 16.5. The number of Topliss-reactive ketones (excluding diaryl/α,β-unsaturated/α-hetero) is 1. The fraction of sp³-hybridized carbons (Fsp3) is 0.190. The van der Waals surface area contributed by atoms with Crippen LogP contribution in [-0.4, -0.2) is 16.0 Å². The normalized spacial score (nSPS) is 16.0. The number of benzene rings is 2. The van der Waals surface area contributed by atoms with Crippen molar-refractivity contribution in [3.63, 3.8) is 0 Å². The molecule has 2 aromatic carbocycles. The summed E-state index contributed by atoms with van der Waals surface area (Å²) in [7, 11) is 0. The highest BCUT2D eigenvalue weighted by Crippen LogP contribution is 2.36. The summed E-state index contributed by atoms with van der Waals surface area (Å²) < 4.78 is 0.496. The van der Waals surface area contributed by atoms with E-state index >= 15 is 0 Å². The zero-order valence-electron chi connectivity index (χ0n) is 14.9. The van der Waals surface area contributed by atoms with Crippen molar-refractivity contribution in [1.82, 2.24) is 0 Å².